The van der Waals surface area contributed by atoms with Gasteiger partial charge in [0.25, 0.3) is 5.91 Å². The first-order valence-corrected chi connectivity index (χ1v) is 8.09. The number of carbonyl (C=O) groups is 1. The van der Waals surface area contributed by atoms with Gasteiger partial charge in [0.05, 0.1) is 0 Å². The van der Waals surface area contributed by atoms with Crippen LogP contribution in [0.15, 0.2) is 36.7 Å². The zero-order valence-electron chi connectivity index (χ0n) is 14.0. The maximum absolute atomic E-state index is 12.6. The molecule has 0 aliphatic rings. The first-order valence-electron chi connectivity index (χ1n) is 8.09. The first kappa shape index (κ1) is 16.9. The Kier molecular flexibility index (Phi) is 6.09. The van der Waals surface area contributed by atoms with Crippen molar-refractivity contribution in [3.63, 3.8) is 0 Å². The Balaban J connectivity index is 2.18. The Morgan fingerprint density at radius 1 is 1.13 bits per heavy atom. The summed E-state index contributed by atoms with van der Waals surface area (Å²) in [4.78, 5) is 22.8. The van der Waals surface area contributed by atoms with Crippen molar-refractivity contribution < 1.29 is 4.79 Å². The van der Waals surface area contributed by atoms with Gasteiger partial charge in [0.1, 0.15) is 17.8 Å². The van der Waals surface area contributed by atoms with Crippen molar-refractivity contribution in [3.05, 3.63) is 47.9 Å². The lowest BCUT2D eigenvalue weighted by Crippen LogP contribution is -2.33. The SMILES string of the molecule is CCCN(CCC)C(=O)c1cc(Nc2ccccc2C)ncn1. The Hall–Kier alpha value is -2.43. The summed E-state index contributed by atoms with van der Waals surface area (Å²) in [7, 11) is 0. The summed E-state index contributed by atoms with van der Waals surface area (Å²) < 4.78 is 0. The van der Waals surface area contributed by atoms with Gasteiger partial charge in [-0.3, -0.25) is 4.79 Å². The van der Waals surface area contributed by atoms with E-state index >= 15 is 0 Å². The first-order chi connectivity index (χ1) is 11.2. The fourth-order valence-electron chi connectivity index (χ4n) is 2.41. The van der Waals surface area contributed by atoms with Crippen LogP contribution in [0.2, 0.25) is 0 Å². The number of carbonyl (C=O) groups excluding carboxylic acids is 1. The average Bonchev–Trinajstić information content (AvgIpc) is 2.56. The molecule has 1 heterocycles. The van der Waals surface area contributed by atoms with Gasteiger partial charge in [-0.2, -0.15) is 0 Å². The lowest BCUT2D eigenvalue weighted by atomic mass is 10.2. The zero-order chi connectivity index (χ0) is 16.7. The van der Waals surface area contributed by atoms with Crippen molar-refractivity contribution >= 4 is 17.4 Å². The number of anilines is 2. The fraction of sp³-hybridized carbons (Fsp3) is 0.389. The normalized spacial score (nSPS) is 10.4. The van der Waals surface area contributed by atoms with E-state index in [1.54, 1.807) is 6.07 Å². The monoisotopic (exact) mass is 312 g/mol. The third-order valence-electron chi connectivity index (χ3n) is 3.57. The molecule has 0 aliphatic heterocycles. The van der Waals surface area contributed by atoms with Crippen LogP contribution in [0.1, 0.15) is 42.7 Å². The third-order valence-corrected chi connectivity index (χ3v) is 3.57. The van der Waals surface area contributed by atoms with Crippen molar-refractivity contribution in [1.29, 1.82) is 0 Å². The van der Waals surface area contributed by atoms with Crippen LogP contribution in [-0.4, -0.2) is 33.9 Å². The summed E-state index contributed by atoms with van der Waals surface area (Å²) in [6, 6.07) is 9.68. The van der Waals surface area contributed by atoms with Crippen LogP contribution in [0.4, 0.5) is 11.5 Å². The predicted octanol–water partition coefficient (Wildman–Crippen LogP) is 3.79. The molecule has 0 aliphatic carbocycles. The number of rotatable bonds is 7. The molecule has 0 saturated heterocycles. The highest BCUT2D eigenvalue weighted by atomic mass is 16.2. The van der Waals surface area contributed by atoms with Crippen LogP contribution in [0.25, 0.3) is 0 Å². The largest absolute Gasteiger partial charge is 0.340 e. The highest BCUT2D eigenvalue weighted by molar-refractivity contribution is 5.93. The molecule has 1 N–H and O–H groups in total. The number of nitrogens with zero attached hydrogens (tertiary/aromatic N) is 3. The van der Waals surface area contributed by atoms with Gasteiger partial charge in [0.15, 0.2) is 0 Å². The second-order valence-corrected chi connectivity index (χ2v) is 5.52. The van der Waals surface area contributed by atoms with Crippen molar-refractivity contribution in [3.8, 4) is 0 Å². The molecule has 2 rings (SSSR count). The van der Waals surface area contributed by atoms with Crippen LogP contribution in [0, 0.1) is 6.92 Å². The molecular formula is C18H24N4O. The Labute approximate surface area is 137 Å². The summed E-state index contributed by atoms with van der Waals surface area (Å²) in [5.74, 6) is 0.592. The lowest BCUT2D eigenvalue weighted by Gasteiger charge is -2.21. The molecule has 0 bridgehead atoms. The molecule has 1 aromatic carbocycles. The molecule has 1 aromatic heterocycles. The molecule has 122 valence electrons. The number of benzene rings is 1. The minimum Gasteiger partial charge on any atom is -0.340 e. The second-order valence-electron chi connectivity index (χ2n) is 5.52. The maximum Gasteiger partial charge on any atom is 0.272 e. The molecule has 1 amide bonds. The molecule has 5 nitrogen and oxygen atoms in total. The highest BCUT2D eigenvalue weighted by Gasteiger charge is 2.16. The number of hydrogen-bond donors (Lipinski definition) is 1. The van der Waals surface area contributed by atoms with Gasteiger partial charge in [0.2, 0.25) is 0 Å². The molecular weight excluding hydrogens is 288 g/mol. The number of hydrogen-bond acceptors (Lipinski definition) is 4. The molecule has 23 heavy (non-hydrogen) atoms. The van der Waals surface area contributed by atoms with E-state index in [0.29, 0.717) is 11.5 Å². The number of para-hydroxylation sites is 1. The molecule has 2 aromatic rings. The van der Waals surface area contributed by atoms with E-state index in [9.17, 15) is 4.79 Å². The van der Waals surface area contributed by atoms with E-state index in [1.165, 1.54) is 6.33 Å². The predicted molar refractivity (Wildman–Crippen MR) is 93.0 cm³/mol. The van der Waals surface area contributed by atoms with Crippen LogP contribution in [-0.2, 0) is 0 Å². The maximum atomic E-state index is 12.6. The second kappa shape index (κ2) is 8.27. The van der Waals surface area contributed by atoms with Gasteiger partial charge in [0, 0.05) is 24.8 Å². The number of nitrogens with one attached hydrogen (secondary N) is 1. The van der Waals surface area contributed by atoms with E-state index in [1.807, 2.05) is 36.1 Å². The Morgan fingerprint density at radius 2 is 1.83 bits per heavy atom. The van der Waals surface area contributed by atoms with E-state index in [0.717, 1.165) is 37.2 Å². The summed E-state index contributed by atoms with van der Waals surface area (Å²) in [6.07, 6.45) is 3.31. The Morgan fingerprint density at radius 3 is 2.48 bits per heavy atom. The summed E-state index contributed by atoms with van der Waals surface area (Å²) in [6.45, 7) is 7.66. The van der Waals surface area contributed by atoms with Crippen LogP contribution < -0.4 is 5.32 Å². The van der Waals surface area contributed by atoms with E-state index in [-0.39, 0.29) is 5.91 Å². The minimum absolute atomic E-state index is 0.0380. The number of amides is 1. The smallest absolute Gasteiger partial charge is 0.272 e. The van der Waals surface area contributed by atoms with Crippen molar-refractivity contribution in [1.82, 2.24) is 14.9 Å². The van der Waals surface area contributed by atoms with Gasteiger partial charge in [-0.25, -0.2) is 9.97 Å². The van der Waals surface area contributed by atoms with E-state index in [2.05, 4.69) is 29.1 Å². The molecule has 0 unspecified atom stereocenters. The van der Waals surface area contributed by atoms with Crippen LogP contribution in [0.5, 0.6) is 0 Å². The van der Waals surface area contributed by atoms with E-state index in [4.69, 9.17) is 0 Å². The molecule has 0 saturated carbocycles. The highest BCUT2D eigenvalue weighted by Crippen LogP contribution is 2.19. The van der Waals surface area contributed by atoms with Gasteiger partial charge in [-0.15, -0.1) is 0 Å². The molecule has 0 spiro atoms. The topological polar surface area (TPSA) is 58.1 Å². The van der Waals surface area contributed by atoms with Crippen molar-refractivity contribution in [2.24, 2.45) is 0 Å². The van der Waals surface area contributed by atoms with Crippen molar-refractivity contribution in [2.75, 3.05) is 18.4 Å². The summed E-state index contributed by atoms with van der Waals surface area (Å²) in [5.41, 5.74) is 2.53. The van der Waals surface area contributed by atoms with E-state index < -0.39 is 0 Å². The van der Waals surface area contributed by atoms with Crippen LogP contribution in [0.3, 0.4) is 0 Å². The summed E-state index contributed by atoms with van der Waals surface area (Å²) in [5, 5.41) is 3.25. The van der Waals surface area contributed by atoms with Crippen molar-refractivity contribution in [2.45, 2.75) is 33.6 Å². The zero-order valence-corrected chi connectivity index (χ0v) is 14.0. The third kappa shape index (κ3) is 4.52. The molecule has 5 heteroatoms. The number of aryl methyl sites for hydroxylation is 1. The molecule has 0 radical (unpaired) electrons. The average molecular weight is 312 g/mol. The molecule has 0 atom stereocenters. The number of aromatic nitrogens is 2. The standard InChI is InChI=1S/C18H24N4O/c1-4-10-22(11-5-2)18(23)16-12-17(20-13-19-16)21-15-9-7-6-8-14(15)3/h6-9,12-13H,4-5,10-11H2,1-3H3,(H,19,20,21). The quantitative estimate of drug-likeness (QED) is 0.845. The van der Waals surface area contributed by atoms with Gasteiger partial charge >= 0.3 is 0 Å². The Bertz CT molecular complexity index is 651. The fourth-order valence-corrected chi connectivity index (χ4v) is 2.41. The van der Waals surface area contributed by atoms with Gasteiger partial charge in [-0.1, -0.05) is 32.0 Å². The minimum atomic E-state index is -0.0380. The molecule has 0 fully saturated rings. The lowest BCUT2D eigenvalue weighted by molar-refractivity contribution is 0.0749. The summed E-state index contributed by atoms with van der Waals surface area (Å²) >= 11 is 0. The van der Waals surface area contributed by atoms with Gasteiger partial charge in [-0.05, 0) is 31.4 Å². The van der Waals surface area contributed by atoms with Gasteiger partial charge < -0.3 is 10.2 Å². The van der Waals surface area contributed by atoms with Crippen LogP contribution >= 0.6 is 0 Å².